The largest absolute Gasteiger partial charge is 0.453 e. The molecule has 9 nitrogen and oxygen atoms in total. The highest BCUT2D eigenvalue weighted by Gasteiger charge is 2.29. The molecule has 1 aromatic carbocycles. The van der Waals surface area contributed by atoms with Crippen LogP contribution in [0.5, 0.6) is 0 Å². The van der Waals surface area contributed by atoms with Crippen LogP contribution in [0.3, 0.4) is 0 Å². The van der Waals surface area contributed by atoms with Gasteiger partial charge in [-0.1, -0.05) is 11.3 Å². The van der Waals surface area contributed by atoms with Crippen molar-refractivity contribution in [2.75, 3.05) is 26.8 Å². The van der Waals surface area contributed by atoms with E-state index in [2.05, 4.69) is 15.2 Å². The van der Waals surface area contributed by atoms with E-state index in [1.807, 2.05) is 19.1 Å². The van der Waals surface area contributed by atoms with Crippen molar-refractivity contribution in [1.82, 2.24) is 24.5 Å². The van der Waals surface area contributed by atoms with Crippen LogP contribution in [0.1, 0.15) is 11.3 Å². The van der Waals surface area contributed by atoms with E-state index in [0.29, 0.717) is 24.5 Å². The molecule has 0 saturated carbocycles. The highest BCUT2D eigenvalue weighted by atomic mass is 32.1. The number of hydrogen-bond acceptors (Lipinski definition) is 7. The first-order chi connectivity index (χ1) is 16.8. The molecule has 0 bridgehead atoms. The normalized spacial score (nSPS) is 16.1. The van der Waals surface area contributed by atoms with Crippen molar-refractivity contribution in [2.24, 2.45) is 0 Å². The number of imidazole rings is 1. The molecule has 4 heterocycles. The molecule has 0 radical (unpaired) electrons. The number of carbonyl (C=O) groups is 1. The number of hydrogen-bond donors (Lipinski definition) is 1. The molecule has 1 atom stereocenters. The molecule has 0 unspecified atom stereocenters. The Balaban J connectivity index is 1.59. The minimum atomic E-state index is -0.829. The van der Waals surface area contributed by atoms with Crippen molar-refractivity contribution in [3.8, 4) is 21.8 Å². The van der Waals surface area contributed by atoms with Gasteiger partial charge in [0.15, 0.2) is 0 Å². The predicted octanol–water partition coefficient (Wildman–Crippen LogP) is 3.41. The minimum absolute atomic E-state index is 0.145. The monoisotopic (exact) mass is 501 g/mol. The van der Waals surface area contributed by atoms with Crippen LogP contribution in [0, 0.1) is 18.6 Å². The summed E-state index contributed by atoms with van der Waals surface area (Å²) in [6.45, 7) is 2.88. The third-order valence-electron chi connectivity index (χ3n) is 5.84. The van der Waals surface area contributed by atoms with Gasteiger partial charge >= 0.3 is 11.0 Å². The summed E-state index contributed by atoms with van der Waals surface area (Å²) in [4.78, 5) is 29.1. The Morgan fingerprint density at radius 2 is 2.09 bits per heavy atom. The van der Waals surface area contributed by atoms with Gasteiger partial charge in [-0.15, -0.1) is 0 Å². The zero-order valence-electron chi connectivity index (χ0n) is 18.9. The Morgan fingerprint density at radius 3 is 2.77 bits per heavy atom. The van der Waals surface area contributed by atoms with Gasteiger partial charge in [0.2, 0.25) is 0 Å². The molecule has 182 valence electrons. The van der Waals surface area contributed by atoms with Gasteiger partial charge in [-0.25, -0.2) is 23.7 Å². The number of amides is 1. The highest BCUT2D eigenvalue weighted by molar-refractivity contribution is 7.12. The molecular weight excluding hydrogens is 480 g/mol. The molecule has 1 aliphatic rings. The van der Waals surface area contributed by atoms with E-state index in [1.54, 1.807) is 10.6 Å². The summed E-state index contributed by atoms with van der Waals surface area (Å²) in [6.07, 6.45) is 1.17. The maximum Gasteiger partial charge on any atom is 0.409 e. The molecule has 35 heavy (non-hydrogen) atoms. The number of pyridine rings is 1. The number of halogens is 2. The molecule has 0 aliphatic carbocycles. The number of nitrogens with one attached hydrogen (secondary N) is 1. The molecule has 1 amide bonds. The maximum atomic E-state index is 15.4. The third-order valence-corrected chi connectivity index (χ3v) is 6.63. The summed E-state index contributed by atoms with van der Waals surface area (Å²) in [5.74, 6) is -1.66. The van der Waals surface area contributed by atoms with Gasteiger partial charge < -0.3 is 18.8 Å². The van der Waals surface area contributed by atoms with Crippen molar-refractivity contribution < 1.29 is 23.0 Å². The Labute approximate surface area is 201 Å². The lowest BCUT2D eigenvalue weighted by Crippen LogP contribution is -2.46. The molecule has 1 aliphatic heterocycles. The van der Waals surface area contributed by atoms with Gasteiger partial charge in [0.1, 0.15) is 22.3 Å². The number of carbonyl (C=O) groups excluding carboxylic acids is 1. The van der Waals surface area contributed by atoms with Crippen molar-refractivity contribution in [2.45, 2.75) is 19.4 Å². The number of aromatic amines is 1. The summed E-state index contributed by atoms with van der Waals surface area (Å²) in [6, 6.07) is 5.97. The van der Waals surface area contributed by atoms with Gasteiger partial charge in [-0.3, -0.25) is 4.79 Å². The Kier molecular flexibility index (Phi) is 6.07. The average molecular weight is 502 g/mol. The average Bonchev–Trinajstić information content (AvgIpc) is 3.41. The van der Waals surface area contributed by atoms with E-state index in [-0.39, 0.29) is 34.8 Å². The van der Waals surface area contributed by atoms with Gasteiger partial charge in [0.05, 0.1) is 43.3 Å². The number of morpholine rings is 1. The van der Waals surface area contributed by atoms with Gasteiger partial charge in [-0.2, -0.15) is 5.10 Å². The lowest BCUT2D eigenvalue weighted by molar-refractivity contribution is -0.0241. The van der Waals surface area contributed by atoms with Crippen LogP contribution < -0.4 is 4.87 Å². The molecule has 1 N–H and O–H groups in total. The second-order valence-electron chi connectivity index (χ2n) is 8.19. The Bertz CT molecular complexity index is 1460. The van der Waals surface area contributed by atoms with E-state index in [9.17, 15) is 9.59 Å². The second-order valence-corrected chi connectivity index (χ2v) is 9.15. The van der Waals surface area contributed by atoms with E-state index in [4.69, 9.17) is 9.47 Å². The lowest BCUT2D eigenvalue weighted by atomic mass is 10.0. The maximum absolute atomic E-state index is 15.4. The zero-order chi connectivity index (χ0) is 24.7. The fourth-order valence-corrected chi connectivity index (χ4v) is 4.82. The van der Waals surface area contributed by atoms with E-state index < -0.39 is 28.7 Å². The summed E-state index contributed by atoms with van der Waals surface area (Å²) in [5, 5.41) is 6.24. The lowest BCUT2D eigenvalue weighted by Gasteiger charge is -2.32. The molecule has 3 aromatic heterocycles. The van der Waals surface area contributed by atoms with Crippen LogP contribution in [-0.2, 0) is 15.9 Å². The van der Waals surface area contributed by atoms with Crippen molar-refractivity contribution in [3.63, 3.8) is 0 Å². The molecular formula is C23H21F2N5O4S. The van der Waals surface area contributed by atoms with Crippen molar-refractivity contribution in [1.29, 1.82) is 0 Å². The summed E-state index contributed by atoms with van der Waals surface area (Å²) >= 11 is 0.762. The number of fused-ring (bicyclic) bond motifs is 1. The molecule has 4 aromatic rings. The number of aromatic nitrogens is 4. The Hall–Kier alpha value is -3.64. The van der Waals surface area contributed by atoms with Crippen LogP contribution >= 0.6 is 11.3 Å². The molecule has 1 fully saturated rings. The number of rotatable bonds is 4. The number of H-pyrrole nitrogens is 1. The van der Waals surface area contributed by atoms with E-state index in [1.165, 1.54) is 12.0 Å². The van der Waals surface area contributed by atoms with Crippen LogP contribution in [0.4, 0.5) is 13.6 Å². The fraction of sp³-hybridized carbons (Fsp3) is 0.304. The fourth-order valence-electron chi connectivity index (χ4n) is 4.22. The van der Waals surface area contributed by atoms with Gasteiger partial charge in [-0.05, 0) is 36.8 Å². The molecule has 5 rings (SSSR count). The molecule has 0 spiro atoms. The first-order valence-electron chi connectivity index (χ1n) is 10.8. The zero-order valence-corrected chi connectivity index (χ0v) is 19.7. The smallest absolute Gasteiger partial charge is 0.409 e. The predicted molar refractivity (Wildman–Crippen MR) is 124 cm³/mol. The molecule has 12 heteroatoms. The first kappa shape index (κ1) is 23.1. The van der Waals surface area contributed by atoms with E-state index in [0.717, 1.165) is 29.0 Å². The minimum Gasteiger partial charge on any atom is -0.453 e. The Morgan fingerprint density at radius 1 is 1.31 bits per heavy atom. The number of nitrogens with zero attached hydrogens (tertiary/aromatic N) is 4. The third kappa shape index (κ3) is 4.42. The standard InChI is InChI=1S/C23H21F2N5O4S/c1-12-3-4-30-17(10-14-11-29(5-6-34-14)23(32)33-2)20(26-18(30)7-12)19-15(24)8-13(9-16(19)25)21-27-28-22(31)35-21/h3-4,7-9,14H,5-6,10-11H2,1-2H3,(H,28,31)/t14-/m0/s1. The van der Waals surface area contributed by atoms with E-state index >= 15 is 8.78 Å². The number of methoxy groups -OCH3 is 1. The van der Waals surface area contributed by atoms with Gasteiger partial charge in [0, 0.05) is 24.7 Å². The SMILES string of the molecule is COC(=O)N1CCO[C@@H](Cc2c(-c3c(F)cc(-c4n[nH]c(=O)s4)cc3F)nc3cc(C)ccn23)C1. The second kappa shape index (κ2) is 9.19. The van der Waals surface area contributed by atoms with Crippen LogP contribution in [0.2, 0.25) is 0 Å². The van der Waals surface area contributed by atoms with Gasteiger partial charge in [0.25, 0.3) is 0 Å². The summed E-state index contributed by atoms with van der Waals surface area (Å²) < 4.78 is 43.2. The first-order valence-corrected chi connectivity index (χ1v) is 11.6. The summed E-state index contributed by atoms with van der Waals surface area (Å²) in [7, 11) is 1.31. The summed E-state index contributed by atoms with van der Waals surface area (Å²) in [5.41, 5.74) is 2.03. The number of ether oxygens (including phenoxy) is 2. The quantitative estimate of drug-likeness (QED) is 0.460. The number of benzene rings is 1. The molecule has 1 saturated heterocycles. The van der Waals surface area contributed by atoms with Crippen molar-refractivity contribution >= 4 is 23.1 Å². The van der Waals surface area contributed by atoms with Crippen molar-refractivity contribution in [3.05, 3.63) is 63.0 Å². The highest BCUT2D eigenvalue weighted by Crippen LogP contribution is 2.34. The topological polar surface area (TPSA) is 102 Å². The van der Waals surface area contributed by atoms with Crippen LogP contribution in [0.15, 0.2) is 35.3 Å². The number of aryl methyl sites for hydroxylation is 1. The van der Waals surface area contributed by atoms with Crippen LogP contribution in [0.25, 0.3) is 27.5 Å². The van der Waals surface area contributed by atoms with Crippen LogP contribution in [-0.4, -0.2) is 63.5 Å².